The maximum atomic E-state index is 13.0. The molecule has 0 saturated carbocycles. The lowest BCUT2D eigenvalue weighted by molar-refractivity contribution is -0.119. The van der Waals surface area contributed by atoms with E-state index in [0.29, 0.717) is 29.5 Å². The van der Waals surface area contributed by atoms with E-state index >= 15 is 0 Å². The molecule has 2 aromatic rings. The van der Waals surface area contributed by atoms with E-state index in [-0.39, 0.29) is 10.6 Å². The van der Waals surface area contributed by atoms with Gasteiger partial charge in [0.15, 0.2) is 0 Å². The first-order chi connectivity index (χ1) is 12.8. The Hall–Kier alpha value is -2.59. The Morgan fingerprint density at radius 2 is 1.67 bits per heavy atom. The third-order valence-electron chi connectivity index (χ3n) is 4.36. The molecular formula is C22H22ClNO3. The van der Waals surface area contributed by atoms with Crippen LogP contribution < -0.4 is 9.64 Å². The van der Waals surface area contributed by atoms with Crippen molar-refractivity contribution in [1.29, 1.82) is 0 Å². The Kier molecular flexibility index (Phi) is 5.38. The van der Waals surface area contributed by atoms with Crippen LogP contribution in [0.3, 0.4) is 0 Å². The van der Waals surface area contributed by atoms with Crippen LogP contribution in [-0.2, 0) is 9.59 Å². The van der Waals surface area contributed by atoms with Crippen LogP contribution in [0.4, 0.5) is 5.69 Å². The zero-order chi connectivity index (χ0) is 19.7. The molecule has 27 heavy (non-hydrogen) atoms. The number of ether oxygens (including phenoxy) is 1. The Bertz CT molecular complexity index is 929. The predicted octanol–water partition coefficient (Wildman–Crippen LogP) is 4.86. The Morgan fingerprint density at radius 1 is 1.00 bits per heavy atom. The van der Waals surface area contributed by atoms with Gasteiger partial charge in [-0.25, -0.2) is 4.90 Å². The van der Waals surface area contributed by atoms with Gasteiger partial charge >= 0.3 is 0 Å². The summed E-state index contributed by atoms with van der Waals surface area (Å²) in [5.41, 5.74) is 3.19. The number of hydrogen-bond donors (Lipinski definition) is 0. The number of imide groups is 1. The minimum absolute atomic E-state index is 0.0586. The van der Waals surface area contributed by atoms with Crippen molar-refractivity contribution in [3.8, 4) is 5.75 Å². The highest BCUT2D eigenvalue weighted by atomic mass is 35.5. The number of carbonyl (C=O) groups is 2. The fourth-order valence-electron chi connectivity index (χ4n) is 2.91. The summed E-state index contributed by atoms with van der Waals surface area (Å²) in [7, 11) is 0. The molecule has 1 aliphatic heterocycles. The van der Waals surface area contributed by atoms with Crippen molar-refractivity contribution in [3.63, 3.8) is 0 Å². The summed E-state index contributed by atoms with van der Waals surface area (Å²) in [6.07, 6.45) is 0. The van der Waals surface area contributed by atoms with E-state index in [1.54, 1.807) is 24.3 Å². The highest BCUT2D eigenvalue weighted by Crippen LogP contribution is 2.36. The molecule has 2 amide bonds. The molecule has 0 unspecified atom stereocenters. The van der Waals surface area contributed by atoms with Gasteiger partial charge < -0.3 is 4.74 Å². The van der Waals surface area contributed by atoms with Crippen molar-refractivity contribution in [1.82, 2.24) is 0 Å². The molecule has 0 radical (unpaired) electrons. The fourth-order valence-corrected chi connectivity index (χ4v) is 3.19. The van der Waals surface area contributed by atoms with Crippen LogP contribution in [0.1, 0.15) is 30.5 Å². The first-order valence-electron chi connectivity index (χ1n) is 8.88. The second-order valence-corrected chi connectivity index (χ2v) is 7.53. The second kappa shape index (κ2) is 7.57. The molecule has 3 rings (SSSR count). The maximum absolute atomic E-state index is 13.0. The zero-order valence-corrected chi connectivity index (χ0v) is 16.6. The third kappa shape index (κ3) is 3.76. The third-order valence-corrected chi connectivity index (χ3v) is 4.71. The highest BCUT2D eigenvalue weighted by Gasteiger charge is 2.39. The molecule has 0 bridgehead atoms. The normalized spacial score (nSPS) is 14.5. The Balaban J connectivity index is 1.91. The maximum Gasteiger partial charge on any atom is 0.277 e. The van der Waals surface area contributed by atoms with Crippen LogP contribution in [0.5, 0.6) is 5.75 Å². The van der Waals surface area contributed by atoms with E-state index in [1.165, 1.54) is 0 Å². The number of amides is 2. The molecule has 0 atom stereocenters. The molecule has 140 valence electrons. The summed E-state index contributed by atoms with van der Waals surface area (Å²) >= 11 is 6.27. The van der Waals surface area contributed by atoms with Crippen LogP contribution in [0, 0.1) is 19.8 Å². The van der Waals surface area contributed by atoms with Crippen molar-refractivity contribution >= 4 is 34.7 Å². The van der Waals surface area contributed by atoms with E-state index in [0.717, 1.165) is 16.0 Å². The lowest BCUT2D eigenvalue weighted by Crippen LogP contribution is -2.31. The van der Waals surface area contributed by atoms with Gasteiger partial charge in [-0.05, 0) is 54.7 Å². The SMILES string of the molecule is Cc1ccc(C)c(N2C(=O)C(Cl)=C(c3ccc(OCC(C)C)cc3)C2=O)c1. The molecule has 0 N–H and O–H groups in total. The molecule has 0 fully saturated rings. The first-order valence-corrected chi connectivity index (χ1v) is 9.26. The highest BCUT2D eigenvalue weighted by molar-refractivity contribution is 6.60. The average Bonchev–Trinajstić information content (AvgIpc) is 2.85. The number of rotatable bonds is 5. The standard InChI is InChI=1S/C22H22ClNO3/c1-13(2)12-27-17-9-7-16(8-10-17)19-20(23)22(26)24(21(19)25)18-11-14(3)5-6-15(18)4/h5-11,13H,12H2,1-4H3. The van der Waals surface area contributed by atoms with Crippen LogP contribution in [-0.4, -0.2) is 18.4 Å². The van der Waals surface area contributed by atoms with E-state index in [9.17, 15) is 9.59 Å². The first kappa shape index (κ1) is 19.2. The number of halogens is 1. The molecule has 1 heterocycles. The van der Waals surface area contributed by atoms with Crippen molar-refractivity contribution in [2.75, 3.05) is 11.5 Å². The molecule has 0 aliphatic carbocycles. The van der Waals surface area contributed by atoms with Crippen LogP contribution >= 0.6 is 11.6 Å². The van der Waals surface area contributed by atoms with Gasteiger partial charge in [-0.2, -0.15) is 0 Å². The Labute approximate surface area is 164 Å². The molecule has 2 aromatic carbocycles. The van der Waals surface area contributed by atoms with Gasteiger partial charge in [0.2, 0.25) is 0 Å². The minimum atomic E-state index is -0.495. The van der Waals surface area contributed by atoms with Gasteiger partial charge in [0, 0.05) is 0 Å². The minimum Gasteiger partial charge on any atom is -0.493 e. The van der Waals surface area contributed by atoms with E-state index in [4.69, 9.17) is 16.3 Å². The van der Waals surface area contributed by atoms with Gasteiger partial charge in [-0.3, -0.25) is 9.59 Å². The van der Waals surface area contributed by atoms with Crippen LogP contribution in [0.15, 0.2) is 47.5 Å². The van der Waals surface area contributed by atoms with Gasteiger partial charge in [0.05, 0.1) is 17.9 Å². The smallest absolute Gasteiger partial charge is 0.277 e. The average molecular weight is 384 g/mol. The molecule has 5 heteroatoms. The number of nitrogens with zero attached hydrogens (tertiary/aromatic N) is 1. The van der Waals surface area contributed by atoms with E-state index in [2.05, 4.69) is 13.8 Å². The molecule has 0 aromatic heterocycles. The zero-order valence-electron chi connectivity index (χ0n) is 15.9. The number of anilines is 1. The number of benzene rings is 2. The second-order valence-electron chi connectivity index (χ2n) is 7.15. The van der Waals surface area contributed by atoms with Crippen LogP contribution in [0.25, 0.3) is 5.57 Å². The lowest BCUT2D eigenvalue weighted by atomic mass is 10.1. The van der Waals surface area contributed by atoms with Crippen molar-refractivity contribution in [2.45, 2.75) is 27.7 Å². The summed E-state index contributed by atoms with van der Waals surface area (Å²) in [6, 6.07) is 12.7. The quantitative estimate of drug-likeness (QED) is 0.692. The van der Waals surface area contributed by atoms with Gasteiger partial charge in [-0.15, -0.1) is 0 Å². The lowest BCUT2D eigenvalue weighted by Gasteiger charge is -2.18. The Morgan fingerprint density at radius 3 is 2.30 bits per heavy atom. The predicted molar refractivity (Wildman–Crippen MR) is 108 cm³/mol. The molecular weight excluding hydrogens is 362 g/mol. The molecule has 0 spiro atoms. The number of aryl methyl sites for hydroxylation is 2. The molecule has 0 saturated heterocycles. The topological polar surface area (TPSA) is 46.6 Å². The van der Waals surface area contributed by atoms with E-state index in [1.807, 2.05) is 32.0 Å². The van der Waals surface area contributed by atoms with Crippen molar-refractivity contribution < 1.29 is 14.3 Å². The van der Waals surface area contributed by atoms with Gasteiger partial charge in [0.25, 0.3) is 11.8 Å². The summed E-state index contributed by atoms with van der Waals surface area (Å²) in [6.45, 7) is 8.54. The number of carbonyl (C=O) groups excluding carboxylic acids is 2. The summed E-state index contributed by atoms with van der Waals surface area (Å²) < 4.78 is 5.67. The van der Waals surface area contributed by atoms with Crippen molar-refractivity contribution in [2.24, 2.45) is 5.92 Å². The van der Waals surface area contributed by atoms with Gasteiger partial charge in [-0.1, -0.05) is 49.7 Å². The number of hydrogen-bond acceptors (Lipinski definition) is 3. The van der Waals surface area contributed by atoms with Gasteiger partial charge in [0.1, 0.15) is 10.8 Å². The van der Waals surface area contributed by atoms with E-state index < -0.39 is 11.8 Å². The summed E-state index contributed by atoms with van der Waals surface area (Å²) in [5, 5.41) is -0.0586. The summed E-state index contributed by atoms with van der Waals surface area (Å²) in [4.78, 5) is 26.9. The molecule has 4 nitrogen and oxygen atoms in total. The molecule has 1 aliphatic rings. The monoisotopic (exact) mass is 383 g/mol. The fraction of sp³-hybridized carbons (Fsp3) is 0.273. The summed E-state index contributed by atoms with van der Waals surface area (Å²) in [5.74, 6) is 0.231. The van der Waals surface area contributed by atoms with Crippen molar-refractivity contribution in [3.05, 3.63) is 64.2 Å². The van der Waals surface area contributed by atoms with Crippen LogP contribution in [0.2, 0.25) is 0 Å². The largest absolute Gasteiger partial charge is 0.493 e.